The summed E-state index contributed by atoms with van der Waals surface area (Å²) in [6.45, 7) is 6.28. The van der Waals surface area contributed by atoms with Crippen molar-refractivity contribution in [2.45, 2.75) is 31.1 Å². The first-order valence-corrected chi connectivity index (χ1v) is 12.7. The van der Waals surface area contributed by atoms with Crippen LogP contribution in [0.25, 0.3) is 0 Å². The van der Waals surface area contributed by atoms with Crippen molar-refractivity contribution in [1.29, 1.82) is 0 Å². The number of carbonyl (C=O) groups excluding carboxylic acids is 1. The zero-order chi connectivity index (χ0) is 24.0. The number of rotatable bonds is 4. The summed E-state index contributed by atoms with van der Waals surface area (Å²) in [6.07, 6.45) is 3.63. The van der Waals surface area contributed by atoms with Crippen LogP contribution >= 0.6 is 11.8 Å². The standard InChI is InChI=1S/C24H24FN3O3S2/c1-5-28-22(29)20(32-23(28)26-33(30,31)17-12-10-16(25)11-13-17)14-15-21-24(2,3)18-8-6-7-9-19(18)27(21)4/h6-15H,5H2,1-4H3/b20-14-,21-15+,26-23-. The van der Waals surface area contributed by atoms with Crippen LogP contribution in [0.15, 0.2) is 80.6 Å². The fraction of sp³-hybridized carbons (Fsp3) is 0.250. The average Bonchev–Trinajstić information content (AvgIpc) is 3.16. The molecule has 0 bridgehead atoms. The molecule has 2 heterocycles. The number of para-hydroxylation sites is 1. The van der Waals surface area contributed by atoms with Gasteiger partial charge in [-0.1, -0.05) is 32.0 Å². The molecule has 0 spiro atoms. The lowest BCUT2D eigenvalue weighted by Crippen LogP contribution is -2.29. The molecule has 0 N–H and O–H groups in total. The fourth-order valence-electron chi connectivity index (χ4n) is 4.09. The Bertz CT molecular complexity index is 1310. The molecule has 4 rings (SSSR count). The molecule has 0 atom stereocenters. The number of nitrogens with zero attached hydrogens (tertiary/aromatic N) is 3. The molecule has 0 saturated carbocycles. The van der Waals surface area contributed by atoms with Gasteiger partial charge >= 0.3 is 0 Å². The SMILES string of the molecule is CCN1C(=O)/C(=C/C=C2/N(C)c3ccccc3C2(C)C)S/C1=N\S(=O)(=O)c1ccc(F)cc1. The maximum atomic E-state index is 13.2. The van der Waals surface area contributed by atoms with E-state index in [1.807, 2.05) is 25.3 Å². The lowest BCUT2D eigenvalue weighted by atomic mass is 9.84. The van der Waals surface area contributed by atoms with Gasteiger partial charge in [-0.25, -0.2) is 4.39 Å². The first kappa shape index (κ1) is 23.3. The number of amidine groups is 1. The highest BCUT2D eigenvalue weighted by atomic mass is 32.2. The van der Waals surface area contributed by atoms with Crippen molar-refractivity contribution in [2.75, 3.05) is 18.5 Å². The van der Waals surface area contributed by atoms with Gasteiger partial charge in [-0.2, -0.15) is 8.42 Å². The number of benzene rings is 2. The highest BCUT2D eigenvalue weighted by Gasteiger charge is 2.38. The second-order valence-corrected chi connectivity index (χ2v) is 10.9. The Hall–Kier alpha value is -2.91. The zero-order valence-electron chi connectivity index (χ0n) is 18.7. The molecule has 9 heteroatoms. The zero-order valence-corrected chi connectivity index (χ0v) is 20.4. The monoisotopic (exact) mass is 485 g/mol. The first-order chi connectivity index (χ1) is 15.6. The Morgan fingerprint density at radius 3 is 2.39 bits per heavy atom. The topological polar surface area (TPSA) is 70.1 Å². The van der Waals surface area contributed by atoms with Crippen molar-refractivity contribution >= 4 is 38.5 Å². The van der Waals surface area contributed by atoms with E-state index in [0.29, 0.717) is 4.91 Å². The van der Waals surface area contributed by atoms with Gasteiger partial charge in [0.25, 0.3) is 15.9 Å². The smallest absolute Gasteiger partial charge is 0.284 e. The number of hydrogen-bond acceptors (Lipinski definition) is 5. The van der Waals surface area contributed by atoms with E-state index in [-0.39, 0.29) is 27.9 Å². The molecular formula is C24H24FN3O3S2. The number of thioether (sulfide) groups is 1. The third kappa shape index (κ3) is 4.11. The van der Waals surface area contributed by atoms with Crippen LogP contribution in [-0.2, 0) is 20.2 Å². The van der Waals surface area contributed by atoms with E-state index in [1.54, 1.807) is 13.0 Å². The Kier molecular flexibility index (Phi) is 5.96. The molecule has 172 valence electrons. The van der Waals surface area contributed by atoms with Crippen molar-refractivity contribution in [3.8, 4) is 0 Å². The van der Waals surface area contributed by atoms with E-state index in [4.69, 9.17) is 0 Å². The third-order valence-corrected chi connectivity index (χ3v) is 8.27. The van der Waals surface area contributed by atoms with Crippen molar-refractivity contribution in [3.05, 3.63) is 82.7 Å². The Morgan fingerprint density at radius 1 is 1.09 bits per heavy atom. The van der Waals surface area contributed by atoms with E-state index in [1.165, 1.54) is 10.5 Å². The van der Waals surface area contributed by atoms with Crippen molar-refractivity contribution in [1.82, 2.24) is 4.90 Å². The largest absolute Gasteiger partial charge is 0.347 e. The van der Waals surface area contributed by atoms with E-state index in [9.17, 15) is 17.6 Å². The molecule has 0 radical (unpaired) electrons. The predicted molar refractivity (Wildman–Crippen MR) is 130 cm³/mol. The second kappa shape index (κ2) is 8.46. The second-order valence-electron chi connectivity index (χ2n) is 8.24. The minimum absolute atomic E-state index is 0.0822. The van der Waals surface area contributed by atoms with Crippen LogP contribution in [0.1, 0.15) is 26.3 Å². The van der Waals surface area contributed by atoms with Crippen LogP contribution in [0.2, 0.25) is 0 Å². The van der Waals surface area contributed by atoms with Gasteiger partial charge in [0.2, 0.25) is 0 Å². The minimum Gasteiger partial charge on any atom is -0.347 e. The number of hydrogen-bond donors (Lipinski definition) is 0. The molecule has 33 heavy (non-hydrogen) atoms. The number of sulfonamides is 1. The number of likely N-dealkylation sites (N-methyl/N-ethyl adjacent to an activating group) is 2. The van der Waals surface area contributed by atoms with Crippen LogP contribution < -0.4 is 4.90 Å². The predicted octanol–water partition coefficient (Wildman–Crippen LogP) is 4.66. The molecule has 2 aliphatic rings. The van der Waals surface area contributed by atoms with Crippen molar-refractivity contribution in [3.63, 3.8) is 0 Å². The minimum atomic E-state index is -4.09. The summed E-state index contributed by atoms with van der Waals surface area (Å²) in [5, 5.41) is 0.0822. The maximum absolute atomic E-state index is 13.2. The number of halogens is 1. The Morgan fingerprint density at radius 2 is 1.76 bits per heavy atom. The van der Waals surface area contributed by atoms with Crippen molar-refractivity contribution < 1.29 is 17.6 Å². The number of fused-ring (bicyclic) bond motifs is 1. The highest BCUT2D eigenvalue weighted by molar-refractivity contribution is 8.19. The summed E-state index contributed by atoms with van der Waals surface area (Å²) in [5.74, 6) is -0.842. The van der Waals surface area contributed by atoms with E-state index < -0.39 is 15.8 Å². The number of anilines is 1. The summed E-state index contributed by atoms with van der Waals surface area (Å²) in [4.78, 5) is 16.6. The molecule has 1 saturated heterocycles. The van der Waals surface area contributed by atoms with E-state index in [2.05, 4.69) is 35.3 Å². The molecule has 1 fully saturated rings. The molecule has 1 amide bonds. The number of allylic oxidation sites excluding steroid dienone is 3. The fourth-order valence-corrected chi connectivity index (χ4v) is 6.27. The van der Waals surface area contributed by atoms with Gasteiger partial charge in [0, 0.05) is 30.4 Å². The number of carbonyl (C=O) groups is 1. The third-order valence-electron chi connectivity index (χ3n) is 5.85. The maximum Gasteiger partial charge on any atom is 0.284 e. The quantitative estimate of drug-likeness (QED) is 0.589. The van der Waals surface area contributed by atoms with Crippen molar-refractivity contribution in [2.24, 2.45) is 4.40 Å². The summed E-state index contributed by atoms with van der Waals surface area (Å²) >= 11 is 1.02. The normalized spacial score (nSPS) is 21.5. The lowest BCUT2D eigenvalue weighted by molar-refractivity contribution is -0.122. The van der Waals surface area contributed by atoms with Gasteiger partial charge in [-0.3, -0.25) is 9.69 Å². The van der Waals surface area contributed by atoms with E-state index in [0.717, 1.165) is 47.4 Å². The van der Waals surface area contributed by atoms with Gasteiger partial charge < -0.3 is 4.90 Å². The highest BCUT2D eigenvalue weighted by Crippen LogP contribution is 2.46. The van der Waals surface area contributed by atoms with Crippen LogP contribution in [-0.4, -0.2) is 38.0 Å². The first-order valence-electron chi connectivity index (χ1n) is 10.4. The van der Waals surface area contributed by atoms with Gasteiger partial charge in [0.05, 0.1) is 9.80 Å². The molecule has 0 aromatic heterocycles. The van der Waals surface area contributed by atoms with Gasteiger partial charge in [0.1, 0.15) is 5.82 Å². The molecule has 0 unspecified atom stereocenters. The molecular weight excluding hydrogens is 461 g/mol. The Labute approximate surface area is 197 Å². The van der Waals surface area contributed by atoms with E-state index >= 15 is 0 Å². The van der Waals surface area contributed by atoms with Crippen LogP contribution in [0.4, 0.5) is 10.1 Å². The molecule has 2 aromatic rings. The van der Waals surface area contributed by atoms with Gasteiger partial charge in [-0.15, -0.1) is 4.40 Å². The van der Waals surface area contributed by atoms with Crippen LogP contribution in [0.3, 0.4) is 0 Å². The average molecular weight is 486 g/mol. The van der Waals surface area contributed by atoms with Gasteiger partial charge in [0.15, 0.2) is 5.17 Å². The molecule has 0 aliphatic carbocycles. The molecule has 2 aliphatic heterocycles. The van der Waals surface area contributed by atoms with Crippen LogP contribution in [0, 0.1) is 5.82 Å². The van der Waals surface area contributed by atoms with Gasteiger partial charge in [-0.05, 0) is 66.7 Å². The summed E-state index contributed by atoms with van der Waals surface area (Å²) in [7, 11) is -2.10. The molecule has 2 aromatic carbocycles. The Balaban J connectivity index is 1.68. The summed E-state index contributed by atoms with van der Waals surface area (Å²) < 4.78 is 42.4. The number of amides is 1. The lowest BCUT2D eigenvalue weighted by Gasteiger charge is -2.23. The van der Waals surface area contributed by atoms with Crippen LogP contribution in [0.5, 0.6) is 0 Å². The summed E-state index contributed by atoms with van der Waals surface area (Å²) in [5.41, 5.74) is 3.09. The summed E-state index contributed by atoms with van der Waals surface area (Å²) in [6, 6.07) is 12.6. The molecule has 6 nitrogen and oxygen atoms in total.